The Kier molecular flexibility index (Phi) is 3.64. The molecule has 1 nitrogen and oxygen atoms in total. The van der Waals surface area contributed by atoms with Crippen molar-refractivity contribution in [3.05, 3.63) is 59.4 Å². The van der Waals surface area contributed by atoms with Crippen molar-refractivity contribution in [3.8, 4) is 11.5 Å². The minimum atomic E-state index is -0.397. The van der Waals surface area contributed by atoms with E-state index < -0.39 is 5.82 Å². The third-order valence-electron chi connectivity index (χ3n) is 2.46. The number of aryl methyl sites for hydroxylation is 1. The van der Waals surface area contributed by atoms with Crippen LogP contribution >= 0.6 is 11.6 Å². The molecule has 0 atom stereocenters. The van der Waals surface area contributed by atoms with Crippen molar-refractivity contribution in [2.24, 2.45) is 0 Å². The van der Waals surface area contributed by atoms with Gasteiger partial charge in [0.15, 0.2) is 11.6 Å². The number of alkyl halides is 1. The first-order chi connectivity index (χ1) is 8.20. The second-order valence-electron chi connectivity index (χ2n) is 3.77. The predicted molar refractivity (Wildman–Crippen MR) is 67.2 cm³/mol. The van der Waals surface area contributed by atoms with Gasteiger partial charge in [0.2, 0.25) is 0 Å². The van der Waals surface area contributed by atoms with E-state index in [1.165, 1.54) is 6.07 Å². The average molecular weight is 251 g/mol. The molecule has 0 fully saturated rings. The number of benzene rings is 2. The van der Waals surface area contributed by atoms with E-state index in [1.807, 2.05) is 31.2 Å². The number of rotatable bonds is 3. The van der Waals surface area contributed by atoms with Gasteiger partial charge in [0.1, 0.15) is 5.75 Å². The first-order valence-corrected chi connectivity index (χ1v) is 5.82. The summed E-state index contributed by atoms with van der Waals surface area (Å²) in [5, 5.41) is 0. The molecule has 0 heterocycles. The Bertz CT molecular complexity index is 525. The van der Waals surface area contributed by atoms with E-state index in [4.69, 9.17) is 16.3 Å². The Labute approximate surface area is 105 Å². The van der Waals surface area contributed by atoms with Crippen LogP contribution in [0.2, 0.25) is 0 Å². The first kappa shape index (κ1) is 11.9. The van der Waals surface area contributed by atoms with Crippen molar-refractivity contribution < 1.29 is 9.13 Å². The second kappa shape index (κ2) is 5.19. The first-order valence-electron chi connectivity index (χ1n) is 5.28. The molecule has 2 rings (SSSR count). The zero-order valence-corrected chi connectivity index (χ0v) is 10.2. The summed E-state index contributed by atoms with van der Waals surface area (Å²) in [6.45, 7) is 1.92. The molecule has 0 N–H and O–H groups in total. The molecule has 0 unspecified atom stereocenters. The lowest BCUT2D eigenvalue weighted by Gasteiger charge is -2.09. The van der Waals surface area contributed by atoms with Gasteiger partial charge in [-0.2, -0.15) is 0 Å². The molecular formula is C14H12ClFO. The molecule has 0 aliphatic carbocycles. The maximum absolute atomic E-state index is 13.7. The maximum Gasteiger partial charge on any atom is 0.166 e. The number of para-hydroxylation sites is 1. The summed E-state index contributed by atoms with van der Waals surface area (Å²) < 4.78 is 19.2. The van der Waals surface area contributed by atoms with Crippen LogP contribution in [0, 0.1) is 12.7 Å². The van der Waals surface area contributed by atoms with E-state index in [0.29, 0.717) is 11.6 Å². The Balaban J connectivity index is 2.28. The van der Waals surface area contributed by atoms with Gasteiger partial charge in [0, 0.05) is 5.88 Å². The topological polar surface area (TPSA) is 9.23 Å². The molecule has 2 aromatic rings. The molecule has 17 heavy (non-hydrogen) atoms. The van der Waals surface area contributed by atoms with Gasteiger partial charge in [-0.1, -0.05) is 24.3 Å². The molecule has 0 aliphatic heterocycles. The van der Waals surface area contributed by atoms with Crippen molar-refractivity contribution in [1.82, 2.24) is 0 Å². The van der Waals surface area contributed by atoms with Crippen molar-refractivity contribution >= 4 is 11.6 Å². The van der Waals surface area contributed by atoms with Crippen molar-refractivity contribution in [2.75, 3.05) is 0 Å². The van der Waals surface area contributed by atoms with Crippen molar-refractivity contribution in [3.63, 3.8) is 0 Å². The van der Waals surface area contributed by atoms with Gasteiger partial charge < -0.3 is 4.74 Å². The van der Waals surface area contributed by atoms with E-state index in [-0.39, 0.29) is 5.75 Å². The molecule has 2 aromatic carbocycles. The van der Waals surface area contributed by atoms with Crippen LogP contribution in [0.3, 0.4) is 0 Å². The standard InChI is InChI=1S/C14H12ClFO/c1-10-4-2-3-5-13(10)17-14-7-6-11(9-15)8-12(14)16/h2-8H,9H2,1H3. The van der Waals surface area contributed by atoms with Gasteiger partial charge in [0.05, 0.1) is 0 Å². The van der Waals surface area contributed by atoms with Crippen LogP contribution in [0.5, 0.6) is 11.5 Å². The van der Waals surface area contributed by atoms with Gasteiger partial charge in [-0.25, -0.2) is 4.39 Å². The summed E-state index contributed by atoms with van der Waals surface area (Å²) >= 11 is 5.63. The largest absolute Gasteiger partial charge is 0.454 e. The van der Waals surface area contributed by atoms with Crippen LogP contribution in [0.4, 0.5) is 4.39 Å². The fourth-order valence-corrected chi connectivity index (χ4v) is 1.67. The van der Waals surface area contributed by atoms with E-state index in [9.17, 15) is 4.39 Å². The number of halogens is 2. The summed E-state index contributed by atoms with van der Waals surface area (Å²) in [5.74, 6) is 0.770. The minimum Gasteiger partial charge on any atom is -0.454 e. The molecular weight excluding hydrogens is 239 g/mol. The lowest BCUT2D eigenvalue weighted by molar-refractivity contribution is 0.439. The third kappa shape index (κ3) is 2.77. The van der Waals surface area contributed by atoms with Crippen LogP contribution in [-0.2, 0) is 5.88 Å². The molecule has 3 heteroatoms. The summed E-state index contributed by atoms with van der Waals surface area (Å²) in [6, 6.07) is 12.2. The Morgan fingerprint density at radius 3 is 2.53 bits per heavy atom. The van der Waals surface area contributed by atoms with Gasteiger partial charge >= 0.3 is 0 Å². The molecule has 0 aromatic heterocycles. The average Bonchev–Trinajstić information content (AvgIpc) is 2.34. The predicted octanol–water partition coefficient (Wildman–Crippen LogP) is 4.67. The fraction of sp³-hybridized carbons (Fsp3) is 0.143. The Morgan fingerprint density at radius 2 is 1.88 bits per heavy atom. The van der Waals surface area contributed by atoms with Crippen LogP contribution in [0.15, 0.2) is 42.5 Å². The van der Waals surface area contributed by atoms with E-state index in [0.717, 1.165) is 11.1 Å². The lowest BCUT2D eigenvalue weighted by atomic mass is 10.2. The SMILES string of the molecule is Cc1ccccc1Oc1ccc(CCl)cc1F. The van der Waals surface area contributed by atoms with Crippen molar-refractivity contribution in [2.45, 2.75) is 12.8 Å². The fourth-order valence-electron chi connectivity index (χ4n) is 1.50. The van der Waals surface area contributed by atoms with Gasteiger partial charge in [-0.3, -0.25) is 0 Å². The highest BCUT2D eigenvalue weighted by atomic mass is 35.5. The molecule has 0 radical (unpaired) electrons. The number of ether oxygens (including phenoxy) is 1. The lowest BCUT2D eigenvalue weighted by Crippen LogP contribution is -1.91. The molecule has 0 saturated heterocycles. The van der Waals surface area contributed by atoms with E-state index in [2.05, 4.69) is 0 Å². The summed E-state index contributed by atoms with van der Waals surface area (Å²) in [5.41, 5.74) is 1.70. The highest BCUT2D eigenvalue weighted by Gasteiger charge is 2.07. The second-order valence-corrected chi connectivity index (χ2v) is 4.03. The van der Waals surface area contributed by atoms with E-state index >= 15 is 0 Å². The third-order valence-corrected chi connectivity index (χ3v) is 2.77. The molecule has 0 spiro atoms. The normalized spacial score (nSPS) is 10.3. The van der Waals surface area contributed by atoms with Gasteiger partial charge in [-0.05, 0) is 36.2 Å². The number of hydrogen-bond acceptors (Lipinski definition) is 1. The van der Waals surface area contributed by atoms with Crippen LogP contribution in [0.1, 0.15) is 11.1 Å². The minimum absolute atomic E-state index is 0.216. The monoisotopic (exact) mass is 250 g/mol. The molecule has 0 aliphatic rings. The molecule has 0 bridgehead atoms. The van der Waals surface area contributed by atoms with Crippen molar-refractivity contribution in [1.29, 1.82) is 0 Å². The van der Waals surface area contributed by atoms with Crippen LogP contribution in [-0.4, -0.2) is 0 Å². The Morgan fingerprint density at radius 1 is 1.12 bits per heavy atom. The molecule has 0 saturated carbocycles. The highest BCUT2D eigenvalue weighted by molar-refractivity contribution is 6.17. The van der Waals surface area contributed by atoms with Gasteiger partial charge in [0.25, 0.3) is 0 Å². The van der Waals surface area contributed by atoms with Crippen LogP contribution in [0.25, 0.3) is 0 Å². The Hall–Kier alpha value is -1.54. The summed E-state index contributed by atoms with van der Waals surface area (Å²) in [4.78, 5) is 0. The zero-order chi connectivity index (χ0) is 12.3. The van der Waals surface area contributed by atoms with E-state index in [1.54, 1.807) is 12.1 Å². The molecule has 88 valence electrons. The van der Waals surface area contributed by atoms with Gasteiger partial charge in [-0.15, -0.1) is 11.6 Å². The smallest absolute Gasteiger partial charge is 0.166 e. The molecule has 0 amide bonds. The summed E-state index contributed by atoms with van der Waals surface area (Å²) in [7, 11) is 0. The maximum atomic E-state index is 13.7. The highest BCUT2D eigenvalue weighted by Crippen LogP contribution is 2.27. The quantitative estimate of drug-likeness (QED) is 0.720. The zero-order valence-electron chi connectivity index (χ0n) is 9.41. The van der Waals surface area contributed by atoms with Crippen LogP contribution < -0.4 is 4.74 Å². The number of hydrogen-bond donors (Lipinski definition) is 0. The summed E-state index contributed by atoms with van der Waals surface area (Å²) in [6.07, 6.45) is 0.